The lowest BCUT2D eigenvalue weighted by molar-refractivity contribution is -0.127. The molecule has 0 saturated carbocycles. The third-order valence-electron chi connectivity index (χ3n) is 3.78. The topological polar surface area (TPSA) is 95.9 Å². The molecule has 2 aromatic rings. The molecule has 0 aromatic heterocycles. The van der Waals surface area contributed by atoms with Crippen molar-refractivity contribution in [3.8, 4) is 11.5 Å². The zero-order valence-electron chi connectivity index (χ0n) is 14.6. The Morgan fingerprint density at radius 1 is 1.29 bits per heavy atom. The number of thioether (sulfide) groups is 1. The molecular formula is C19H15ClN2O5S. The molecule has 1 aliphatic rings. The van der Waals surface area contributed by atoms with Crippen LogP contribution in [0.15, 0.2) is 47.4 Å². The number of phenols is 1. The van der Waals surface area contributed by atoms with Gasteiger partial charge in [-0.15, -0.1) is 0 Å². The summed E-state index contributed by atoms with van der Waals surface area (Å²) in [6.45, 7) is -0.425. The van der Waals surface area contributed by atoms with Gasteiger partial charge in [0.15, 0.2) is 0 Å². The number of phenolic OH excluding ortho intramolecular Hbond substituents is 1. The lowest BCUT2D eigenvalue weighted by atomic mass is 10.2. The van der Waals surface area contributed by atoms with Gasteiger partial charge in [-0.25, -0.2) is 0 Å². The third kappa shape index (κ3) is 4.47. The number of halogens is 1. The number of methoxy groups -OCH3 is 1. The van der Waals surface area contributed by atoms with E-state index < -0.39 is 23.6 Å². The lowest BCUT2D eigenvalue weighted by Gasteiger charge is -2.13. The van der Waals surface area contributed by atoms with Gasteiger partial charge < -0.3 is 15.2 Å². The van der Waals surface area contributed by atoms with Crippen molar-refractivity contribution in [2.24, 2.45) is 0 Å². The van der Waals surface area contributed by atoms with E-state index in [0.717, 1.165) is 16.7 Å². The molecule has 1 heterocycles. The highest BCUT2D eigenvalue weighted by Gasteiger charge is 2.36. The van der Waals surface area contributed by atoms with Gasteiger partial charge in [0.2, 0.25) is 5.91 Å². The number of imide groups is 1. The SMILES string of the molecule is COc1ccc(NC(=O)CN2C(=O)SC(=Cc3cccc(O)c3)C2=O)cc1Cl. The minimum absolute atomic E-state index is 0.0468. The highest BCUT2D eigenvalue weighted by atomic mass is 35.5. The molecule has 3 rings (SSSR count). The molecule has 0 bridgehead atoms. The minimum atomic E-state index is -0.568. The van der Waals surface area contributed by atoms with E-state index in [0.29, 0.717) is 22.0 Å². The summed E-state index contributed by atoms with van der Waals surface area (Å²) < 4.78 is 5.04. The highest BCUT2D eigenvalue weighted by Crippen LogP contribution is 2.32. The average Bonchev–Trinajstić information content (AvgIpc) is 2.89. The first-order valence-electron chi connectivity index (χ1n) is 8.05. The Kier molecular flexibility index (Phi) is 5.91. The molecule has 2 aromatic carbocycles. The highest BCUT2D eigenvalue weighted by molar-refractivity contribution is 8.18. The van der Waals surface area contributed by atoms with E-state index in [4.69, 9.17) is 16.3 Å². The number of aromatic hydroxyl groups is 1. The fraction of sp³-hybridized carbons (Fsp3) is 0.105. The summed E-state index contributed by atoms with van der Waals surface area (Å²) in [7, 11) is 1.48. The first-order valence-corrected chi connectivity index (χ1v) is 9.24. The van der Waals surface area contributed by atoms with Crippen molar-refractivity contribution >= 4 is 52.2 Å². The van der Waals surface area contributed by atoms with Crippen molar-refractivity contribution in [1.29, 1.82) is 0 Å². The van der Waals surface area contributed by atoms with E-state index in [1.807, 2.05) is 0 Å². The zero-order valence-corrected chi connectivity index (χ0v) is 16.2. The summed E-state index contributed by atoms with van der Waals surface area (Å²) in [4.78, 5) is 37.9. The van der Waals surface area contributed by atoms with E-state index >= 15 is 0 Å². The van der Waals surface area contributed by atoms with Gasteiger partial charge >= 0.3 is 0 Å². The van der Waals surface area contributed by atoms with Gasteiger partial charge in [0.25, 0.3) is 11.1 Å². The van der Waals surface area contributed by atoms with Gasteiger partial charge in [-0.2, -0.15) is 0 Å². The molecule has 0 aliphatic carbocycles. The van der Waals surface area contributed by atoms with Crippen molar-refractivity contribution in [1.82, 2.24) is 4.90 Å². The predicted molar refractivity (Wildman–Crippen MR) is 107 cm³/mol. The van der Waals surface area contributed by atoms with Gasteiger partial charge in [-0.1, -0.05) is 23.7 Å². The maximum absolute atomic E-state index is 12.5. The number of ether oxygens (including phenoxy) is 1. The Hall–Kier alpha value is -2.97. The second-order valence-corrected chi connectivity index (χ2v) is 7.16. The second-order valence-electron chi connectivity index (χ2n) is 5.76. The number of hydrogen-bond acceptors (Lipinski definition) is 6. The molecule has 0 atom stereocenters. The maximum atomic E-state index is 12.5. The largest absolute Gasteiger partial charge is 0.508 e. The predicted octanol–water partition coefficient (Wildman–Crippen LogP) is 3.73. The van der Waals surface area contributed by atoms with E-state index in [-0.39, 0.29) is 10.7 Å². The van der Waals surface area contributed by atoms with Crippen LogP contribution in [0.5, 0.6) is 11.5 Å². The van der Waals surface area contributed by atoms with Gasteiger partial charge in [0.1, 0.15) is 18.0 Å². The Bertz CT molecular complexity index is 992. The molecule has 0 spiro atoms. The van der Waals surface area contributed by atoms with Gasteiger partial charge in [-0.05, 0) is 53.7 Å². The lowest BCUT2D eigenvalue weighted by Crippen LogP contribution is -2.36. The number of carbonyl (C=O) groups is 3. The Morgan fingerprint density at radius 2 is 2.07 bits per heavy atom. The van der Waals surface area contributed by atoms with E-state index in [1.54, 1.807) is 24.3 Å². The number of anilines is 1. The molecule has 1 fully saturated rings. The quantitative estimate of drug-likeness (QED) is 0.718. The Balaban J connectivity index is 1.68. The number of rotatable bonds is 5. The standard InChI is InChI=1S/C19H15ClN2O5S/c1-27-15-6-5-12(9-14(15)20)21-17(24)10-22-18(25)16(28-19(22)26)8-11-3-2-4-13(23)7-11/h2-9,23H,10H2,1H3,(H,21,24). The third-order valence-corrected chi connectivity index (χ3v) is 4.98. The minimum Gasteiger partial charge on any atom is -0.508 e. The number of benzene rings is 2. The van der Waals surface area contributed by atoms with Gasteiger partial charge in [-0.3, -0.25) is 19.3 Å². The Morgan fingerprint density at radius 3 is 2.75 bits per heavy atom. The van der Waals surface area contributed by atoms with Crippen LogP contribution in [0.2, 0.25) is 5.02 Å². The number of carbonyl (C=O) groups excluding carboxylic acids is 3. The molecule has 3 amide bonds. The van der Waals surface area contributed by atoms with Crippen molar-refractivity contribution in [3.63, 3.8) is 0 Å². The van der Waals surface area contributed by atoms with Gasteiger partial charge in [0, 0.05) is 5.69 Å². The fourth-order valence-electron chi connectivity index (χ4n) is 2.49. The van der Waals surface area contributed by atoms with Crippen LogP contribution in [0, 0.1) is 0 Å². The summed E-state index contributed by atoms with van der Waals surface area (Å²) in [5, 5.41) is 11.9. The van der Waals surface area contributed by atoms with E-state index in [1.165, 1.54) is 31.4 Å². The molecule has 9 heteroatoms. The average molecular weight is 419 g/mol. The first kappa shape index (κ1) is 19.8. The molecule has 1 aliphatic heterocycles. The number of nitrogens with one attached hydrogen (secondary N) is 1. The second kappa shape index (κ2) is 8.37. The van der Waals surface area contributed by atoms with Crippen LogP contribution >= 0.6 is 23.4 Å². The van der Waals surface area contributed by atoms with Crippen LogP contribution in [-0.4, -0.2) is 40.7 Å². The normalized spacial score (nSPS) is 15.2. The smallest absolute Gasteiger partial charge is 0.294 e. The van der Waals surface area contributed by atoms with Crippen LogP contribution in [0.3, 0.4) is 0 Å². The first-order chi connectivity index (χ1) is 13.4. The van der Waals surface area contributed by atoms with Gasteiger partial charge in [0.05, 0.1) is 17.0 Å². The number of hydrogen-bond donors (Lipinski definition) is 2. The molecule has 144 valence electrons. The summed E-state index contributed by atoms with van der Waals surface area (Å²) in [5.74, 6) is -0.600. The summed E-state index contributed by atoms with van der Waals surface area (Å²) in [6.07, 6.45) is 1.49. The molecule has 0 unspecified atom stereocenters. The zero-order chi connectivity index (χ0) is 20.3. The van der Waals surface area contributed by atoms with Crippen LogP contribution in [0.1, 0.15) is 5.56 Å². The molecule has 2 N–H and O–H groups in total. The Labute approximate surface area is 169 Å². The molecule has 7 nitrogen and oxygen atoms in total. The fourth-order valence-corrected chi connectivity index (χ4v) is 3.59. The van der Waals surface area contributed by atoms with Crippen molar-refractivity contribution < 1.29 is 24.2 Å². The number of amides is 3. The maximum Gasteiger partial charge on any atom is 0.294 e. The van der Waals surface area contributed by atoms with Crippen molar-refractivity contribution in [3.05, 3.63) is 58.0 Å². The van der Waals surface area contributed by atoms with Crippen molar-refractivity contribution in [2.45, 2.75) is 0 Å². The van der Waals surface area contributed by atoms with E-state index in [9.17, 15) is 19.5 Å². The van der Waals surface area contributed by atoms with Crippen LogP contribution < -0.4 is 10.1 Å². The molecular weight excluding hydrogens is 404 g/mol. The molecule has 0 radical (unpaired) electrons. The van der Waals surface area contributed by atoms with Crippen LogP contribution in [0.25, 0.3) is 6.08 Å². The summed E-state index contributed by atoms with van der Waals surface area (Å²) >= 11 is 6.75. The number of nitrogens with zero attached hydrogens (tertiary/aromatic N) is 1. The molecule has 1 saturated heterocycles. The van der Waals surface area contributed by atoms with E-state index in [2.05, 4.69) is 5.32 Å². The molecule has 28 heavy (non-hydrogen) atoms. The van der Waals surface area contributed by atoms with Crippen molar-refractivity contribution in [2.75, 3.05) is 19.0 Å². The van der Waals surface area contributed by atoms with Crippen LogP contribution in [0.4, 0.5) is 10.5 Å². The monoisotopic (exact) mass is 418 g/mol. The summed E-state index contributed by atoms with van der Waals surface area (Å²) in [6, 6.07) is 11.0. The van der Waals surface area contributed by atoms with Crippen LogP contribution in [-0.2, 0) is 9.59 Å². The summed E-state index contributed by atoms with van der Waals surface area (Å²) in [5.41, 5.74) is 0.987.